The molecule has 0 aromatic heterocycles. The fraction of sp³-hybridized carbons (Fsp3) is 0.769. The van der Waals surface area contributed by atoms with E-state index in [4.69, 9.17) is 0 Å². The van der Waals surface area contributed by atoms with Gasteiger partial charge < -0.3 is 0 Å². The van der Waals surface area contributed by atoms with Crippen LogP contribution in [0.2, 0.25) is 0 Å². The highest BCUT2D eigenvalue weighted by Crippen LogP contribution is 2.33. The first kappa shape index (κ1) is 13.1. The molecule has 0 radical (unpaired) electrons. The number of Topliss-reactive ketones (excluding diaryl/α,β-unsaturated/α-hetero) is 3. The summed E-state index contributed by atoms with van der Waals surface area (Å²) in [6.07, 6.45) is 3.83. The van der Waals surface area contributed by atoms with E-state index in [1.54, 1.807) is 13.8 Å². The van der Waals surface area contributed by atoms with E-state index in [2.05, 4.69) is 0 Å². The number of hydrogen-bond donors (Lipinski definition) is 0. The van der Waals surface area contributed by atoms with Gasteiger partial charge in [-0.25, -0.2) is 0 Å². The summed E-state index contributed by atoms with van der Waals surface area (Å²) in [5, 5.41) is 0. The first-order valence-electron chi connectivity index (χ1n) is 6.09. The molecule has 0 atom stereocenters. The quantitative estimate of drug-likeness (QED) is 0.544. The fourth-order valence-corrected chi connectivity index (χ4v) is 2.12. The lowest BCUT2D eigenvalue weighted by atomic mass is 9.76. The Morgan fingerprint density at radius 3 is 2.12 bits per heavy atom. The van der Waals surface area contributed by atoms with Crippen LogP contribution in [0, 0.1) is 5.41 Å². The lowest BCUT2D eigenvalue weighted by Gasteiger charge is -2.24. The van der Waals surface area contributed by atoms with Crippen molar-refractivity contribution in [3.8, 4) is 0 Å². The molecule has 0 heterocycles. The van der Waals surface area contributed by atoms with Crippen molar-refractivity contribution < 1.29 is 14.4 Å². The van der Waals surface area contributed by atoms with Crippen molar-refractivity contribution in [2.45, 2.75) is 58.8 Å². The van der Waals surface area contributed by atoms with E-state index >= 15 is 0 Å². The zero-order valence-corrected chi connectivity index (χ0v) is 10.2. The molecule has 16 heavy (non-hydrogen) atoms. The third-order valence-electron chi connectivity index (χ3n) is 3.59. The van der Waals surface area contributed by atoms with Crippen molar-refractivity contribution >= 4 is 17.3 Å². The summed E-state index contributed by atoms with van der Waals surface area (Å²) in [5.41, 5.74) is -0.888. The van der Waals surface area contributed by atoms with Gasteiger partial charge >= 0.3 is 0 Å². The van der Waals surface area contributed by atoms with Gasteiger partial charge in [0.2, 0.25) is 0 Å². The van der Waals surface area contributed by atoms with E-state index < -0.39 is 5.41 Å². The van der Waals surface area contributed by atoms with Gasteiger partial charge in [-0.1, -0.05) is 6.92 Å². The molecule has 0 spiro atoms. The largest absolute Gasteiger partial charge is 0.300 e. The van der Waals surface area contributed by atoms with Crippen LogP contribution in [0.4, 0.5) is 0 Å². The number of carbonyl (C=O) groups excluding carboxylic acids is 3. The van der Waals surface area contributed by atoms with Crippen molar-refractivity contribution in [3.63, 3.8) is 0 Å². The molecule has 0 aliphatic heterocycles. The van der Waals surface area contributed by atoms with Crippen molar-refractivity contribution in [2.75, 3.05) is 0 Å². The molecule has 90 valence electrons. The highest BCUT2D eigenvalue weighted by Gasteiger charge is 2.40. The number of ketones is 3. The minimum Gasteiger partial charge on any atom is -0.300 e. The maximum Gasteiger partial charge on any atom is 0.146 e. The molecule has 1 rings (SSSR count). The fourth-order valence-electron chi connectivity index (χ4n) is 2.12. The summed E-state index contributed by atoms with van der Waals surface area (Å²) >= 11 is 0. The molecule has 1 saturated carbocycles. The summed E-state index contributed by atoms with van der Waals surface area (Å²) in [5.74, 6) is 0.184. The third kappa shape index (κ3) is 2.77. The number of carbonyl (C=O) groups is 3. The maximum atomic E-state index is 11.9. The van der Waals surface area contributed by atoms with Crippen LogP contribution in [0.1, 0.15) is 58.8 Å². The van der Waals surface area contributed by atoms with E-state index in [-0.39, 0.29) is 17.3 Å². The minimum absolute atomic E-state index is 0.0268. The Morgan fingerprint density at radius 2 is 1.69 bits per heavy atom. The monoisotopic (exact) mass is 224 g/mol. The van der Waals surface area contributed by atoms with Gasteiger partial charge in [0.05, 0.1) is 5.41 Å². The molecule has 3 heteroatoms. The Labute approximate surface area is 96.6 Å². The topological polar surface area (TPSA) is 51.2 Å². The normalized spacial score (nSPS) is 20.6. The van der Waals surface area contributed by atoms with Crippen molar-refractivity contribution in [1.82, 2.24) is 0 Å². The van der Waals surface area contributed by atoms with Gasteiger partial charge in [-0.3, -0.25) is 14.4 Å². The second-order valence-electron chi connectivity index (χ2n) is 4.78. The molecule has 1 aliphatic rings. The van der Waals surface area contributed by atoms with Gasteiger partial charge in [0.25, 0.3) is 0 Å². The second kappa shape index (κ2) is 5.37. The summed E-state index contributed by atoms with van der Waals surface area (Å²) in [6.45, 7) is 3.52. The van der Waals surface area contributed by atoms with Gasteiger partial charge in [-0.2, -0.15) is 0 Å². The van der Waals surface area contributed by atoms with Gasteiger partial charge in [0.1, 0.15) is 17.3 Å². The predicted octanol–water partition coefficient (Wildman–Crippen LogP) is 2.46. The van der Waals surface area contributed by atoms with Crippen LogP contribution in [0.3, 0.4) is 0 Å². The lowest BCUT2D eigenvalue weighted by Crippen LogP contribution is -2.35. The number of hydrogen-bond acceptors (Lipinski definition) is 3. The Morgan fingerprint density at radius 1 is 1.19 bits per heavy atom. The Kier molecular flexibility index (Phi) is 4.39. The van der Waals surface area contributed by atoms with Crippen LogP contribution in [0.15, 0.2) is 0 Å². The van der Waals surface area contributed by atoms with Gasteiger partial charge in [-0.05, 0) is 26.2 Å². The van der Waals surface area contributed by atoms with Crippen molar-refractivity contribution in [2.24, 2.45) is 5.41 Å². The summed E-state index contributed by atoms with van der Waals surface area (Å²) in [7, 11) is 0. The van der Waals surface area contributed by atoms with Crippen molar-refractivity contribution in [3.05, 3.63) is 0 Å². The van der Waals surface area contributed by atoms with E-state index in [0.717, 1.165) is 12.8 Å². The Balaban J connectivity index is 2.73. The van der Waals surface area contributed by atoms with Crippen LogP contribution >= 0.6 is 0 Å². The standard InChI is InChI=1S/C13H20O3/c1-3-10(14)8-9-13(2)11(15)6-4-5-7-12(13)16/h3-9H2,1-2H3. The van der Waals surface area contributed by atoms with E-state index in [9.17, 15) is 14.4 Å². The number of rotatable bonds is 4. The molecule has 1 fully saturated rings. The predicted molar refractivity (Wildman–Crippen MR) is 61.1 cm³/mol. The average molecular weight is 224 g/mol. The van der Waals surface area contributed by atoms with Gasteiger partial charge in [0, 0.05) is 25.7 Å². The Hall–Kier alpha value is -0.990. The highest BCUT2D eigenvalue weighted by molar-refractivity contribution is 6.07. The van der Waals surface area contributed by atoms with E-state index in [0.29, 0.717) is 32.1 Å². The van der Waals surface area contributed by atoms with Gasteiger partial charge in [-0.15, -0.1) is 0 Å². The molecule has 3 nitrogen and oxygen atoms in total. The summed E-state index contributed by atoms with van der Waals surface area (Å²) in [6, 6.07) is 0. The Bertz CT molecular complexity index is 286. The summed E-state index contributed by atoms with van der Waals surface area (Å²) < 4.78 is 0. The molecular formula is C13H20O3. The molecule has 0 saturated heterocycles. The SMILES string of the molecule is CCC(=O)CCC1(C)C(=O)CCCCC1=O. The van der Waals surface area contributed by atoms with Crippen LogP contribution in [-0.4, -0.2) is 17.3 Å². The first-order valence-corrected chi connectivity index (χ1v) is 6.09. The molecule has 0 bridgehead atoms. The van der Waals surface area contributed by atoms with Crippen molar-refractivity contribution in [1.29, 1.82) is 0 Å². The van der Waals surface area contributed by atoms with Crippen LogP contribution < -0.4 is 0 Å². The highest BCUT2D eigenvalue weighted by atomic mass is 16.2. The molecule has 0 amide bonds. The van der Waals surface area contributed by atoms with Crippen LogP contribution in [0.5, 0.6) is 0 Å². The molecule has 0 aromatic rings. The zero-order valence-electron chi connectivity index (χ0n) is 10.2. The minimum atomic E-state index is -0.888. The molecule has 1 aliphatic carbocycles. The molecule has 0 unspecified atom stereocenters. The van der Waals surface area contributed by atoms with Crippen LogP contribution in [-0.2, 0) is 14.4 Å². The first-order chi connectivity index (χ1) is 7.50. The smallest absolute Gasteiger partial charge is 0.146 e. The molecular weight excluding hydrogens is 204 g/mol. The molecule has 0 aromatic carbocycles. The average Bonchev–Trinajstić information content (AvgIpc) is 2.40. The molecule has 0 N–H and O–H groups in total. The third-order valence-corrected chi connectivity index (χ3v) is 3.59. The lowest BCUT2D eigenvalue weighted by molar-refractivity contribution is -0.139. The second-order valence-corrected chi connectivity index (χ2v) is 4.78. The maximum absolute atomic E-state index is 11.9. The summed E-state index contributed by atoms with van der Waals surface area (Å²) in [4.78, 5) is 35.1. The van der Waals surface area contributed by atoms with E-state index in [1.165, 1.54) is 0 Å². The van der Waals surface area contributed by atoms with Gasteiger partial charge in [0.15, 0.2) is 0 Å². The van der Waals surface area contributed by atoms with Crippen LogP contribution in [0.25, 0.3) is 0 Å². The van der Waals surface area contributed by atoms with E-state index in [1.807, 2.05) is 0 Å². The zero-order chi connectivity index (χ0) is 12.2.